The summed E-state index contributed by atoms with van der Waals surface area (Å²) in [6.07, 6.45) is 0. The molecule has 0 radical (unpaired) electrons. The van der Waals surface area contributed by atoms with Crippen LogP contribution >= 0.6 is 27.5 Å². The lowest BCUT2D eigenvalue weighted by Gasteiger charge is -2.05. The number of pyridine rings is 1. The van der Waals surface area contributed by atoms with Crippen molar-refractivity contribution < 1.29 is 4.39 Å². The second kappa shape index (κ2) is 4.93. The SMILES string of the molecule is Fc1ccccc1-c1cc(CBr)cc(Cl)n1. The van der Waals surface area contributed by atoms with Gasteiger partial charge >= 0.3 is 0 Å². The van der Waals surface area contributed by atoms with Gasteiger partial charge in [-0.2, -0.15) is 0 Å². The molecule has 0 fully saturated rings. The number of hydrogen-bond acceptors (Lipinski definition) is 1. The number of rotatable bonds is 2. The third-order valence-corrected chi connectivity index (χ3v) is 3.00. The van der Waals surface area contributed by atoms with Crippen LogP contribution in [0.3, 0.4) is 0 Å². The van der Waals surface area contributed by atoms with E-state index in [-0.39, 0.29) is 5.82 Å². The molecule has 0 unspecified atom stereocenters. The zero-order valence-electron chi connectivity index (χ0n) is 8.25. The monoisotopic (exact) mass is 299 g/mol. The van der Waals surface area contributed by atoms with E-state index in [1.807, 2.05) is 6.07 Å². The Morgan fingerprint density at radius 2 is 2.00 bits per heavy atom. The van der Waals surface area contributed by atoms with E-state index in [1.165, 1.54) is 6.07 Å². The van der Waals surface area contributed by atoms with Gasteiger partial charge in [-0.05, 0) is 29.8 Å². The smallest absolute Gasteiger partial charge is 0.132 e. The van der Waals surface area contributed by atoms with Crippen molar-refractivity contribution in [1.29, 1.82) is 0 Å². The van der Waals surface area contributed by atoms with E-state index in [0.717, 1.165) is 5.56 Å². The second-order valence-corrected chi connectivity index (χ2v) is 4.24. The third-order valence-electron chi connectivity index (χ3n) is 2.16. The van der Waals surface area contributed by atoms with Crippen molar-refractivity contribution in [2.75, 3.05) is 0 Å². The Morgan fingerprint density at radius 3 is 2.69 bits per heavy atom. The summed E-state index contributed by atoms with van der Waals surface area (Å²) in [6.45, 7) is 0. The molecule has 0 atom stereocenters. The van der Waals surface area contributed by atoms with E-state index in [9.17, 15) is 4.39 Å². The van der Waals surface area contributed by atoms with Crippen molar-refractivity contribution in [1.82, 2.24) is 4.98 Å². The molecule has 1 aromatic carbocycles. The van der Waals surface area contributed by atoms with E-state index < -0.39 is 0 Å². The van der Waals surface area contributed by atoms with Crippen LogP contribution in [0.5, 0.6) is 0 Å². The zero-order chi connectivity index (χ0) is 11.5. The van der Waals surface area contributed by atoms with Crippen molar-refractivity contribution in [3.05, 3.63) is 52.9 Å². The number of hydrogen-bond donors (Lipinski definition) is 0. The number of benzene rings is 1. The van der Waals surface area contributed by atoms with Crippen LogP contribution in [0.1, 0.15) is 5.56 Å². The molecule has 4 heteroatoms. The lowest BCUT2D eigenvalue weighted by atomic mass is 10.1. The molecule has 0 saturated heterocycles. The highest BCUT2D eigenvalue weighted by atomic mass is 79.9. The Balaban J connectivity index is 2.56. The minimum atomic E-state index is -0.294. The van der Waals surface area contributed by atoms with Crippen LogP contribution in [0.25, 0.3) is 11.3 Å². The van der Waals surface area contributed by atoms with Gasteiger partial charge in [0.15, 0.2) is 0 Å². The lowest BCUT2D eigenvalue weighted by Crippen LogP contribution is -1.90. The molecule has 0 amide bonds. The Hall–Kier alpha value is -0.930. The summed E-state index contributed by atoms with van der Waals surface area (Å²) < 4.78 is 13.5. The molecule has 0 aliphatic rings. The van der Waals surface area contributed by atoms with Gasteiger partial charge in [-0.25, -0.2) is 9.37 Å². The van der Waals surface area contributed by atoms with Gasteiger partial charge in [0.2, 0.25) is 0 Å². The molecule has 0 aliphatic heterocycles. The normalized spacial score (nSPS) is 10.4. The van der Waals surface area contributed by atoms with Crippen LogP contribution in [0.2, 0.25) is 5.15 Å². The number of aromatic nitrogens is 1. The maximum absolute atomic E-state index is 13.5. The molecule has 0 aliphatic carbocycles. The Morgan fingerprint density at radius 1 is 1.25 bits per heavy atom. The number of halogens is 3. The Kier molecular flexibility index (Phi) is 3.56. The highest BCUT2D eigenvalue weighted by Crippen LogP contribution is 2.24. The van der Waals surface area contributed by atoms with Crippen molar-refractivity contribution >= 4 is 27.5 Å². The fraction of sp³-hybridized carbons (Fsp3) is 0.0833. The summed E-state index contributed by atoms with van der Waals surface area (Å²) in [5.74, 6) is -0.294. The average molecular weight is 301 g/mol. The standard InChI is InChI=1S/C12H8BrClFN/c13-7-8-5-11(16-12(14)6-8)9-3-1-2-4-10(9)15/h1-6H,7H2. The maximum atomic E-state index is 13.5. The van der Waals surface area contributed by atoms with Crippen molar-refractivity contribution in [2.45, 2.75) is 5.33 Å². The first-order chi connectivity index (χ1) is 7.70. The van der Waals surface area contributed by atoms with Gasteiger partial charge < -0.3 is 0 Å². The first kappa shape index (κ1) is 11.6. The topological polar surface area (TPSA) is 12.9 Å². The van der Waals surface area contributed by atoms with Crippen molar-refractivity contribution in [3.8, 4) is 11.3 Å². The molecule has 1 nitrogen and oxygen atoms in total. The first-order valence-corrected chi connectivity index (χ1v) is 6.18. The summed E-state index contributed by atoms with van der Waals surface area (Å²) in [5.41, 5.74) is 1.99. The maximum Gasteiger partial charge on any atom is 0.132 e. The summed E-state index contributed by atoms with van der Waals surface area (Å²) >= 11 is 9.21. The van der Waals surface area contributed by atoms with Gasteiger partial charge in [-0.15, -0.1) is 0 Å². The van der Waals surface area contributed by atoms with Crippen LogP contribution in [-0.4, -0.2) is 4.98 Å². The molecule has 1 aromatic heterocycles. The number of nitrogens with zero attached hydrogens (tertiary/aromatic N) is 1. The van der Waals surface area contributed by atoms with E-state index >= 15 is 0 Å². The van der Waals surface area contributed by atoms with Crippen LogP contribution in [0.15, 0.2) is 36.4 Å². The second-order valence-electron chi connectivity index (χ2n) is 3.30. The van der Waals surface area contributed by atoms with Gasteiger partial charge in [-0.1, -0.05) is 39.7 Å². The molecule has 16 heavy (non-hydrogen) atoms. The first-order valence-electron chi connectivity index (χ1n) is 4.68. The van der Waals surface area contributed by atoms with Crippen molar-refractivity contribution in [3.63, 3.8) is 0 Å². The van der Waals surface area contributed by atoms with E-state index in [0.29, 0.717) is 21.7 Å². The van der Waals surface area contributed by atoms with E-state index in [4.69, 9.17) is 11.6 Å². The summed E-state index contributed by atoms with van der Waals surface area (Å²) in [4.78, 5) is 4.12. The highest BCUT2D eigenvalue weighted by molar-refractivity contribution is 9.08. The van der Waals surface area contributed by atoms with Gasteiger partial charge in [-0.3, -0.25) is 0 Å². The minimum absolute atomic E-state index is 0.294. The number of alkyl halides is 1. The molecule has 0 saturated carbocycles. The highest BCUT2D eigenvalue weighted by Gasteiger charge is 2.07. The molecule has 0 spiro atoms. The minimum Gasteiger partial charge on any atom is -0.236 e. The zero-order valence-corrected chi connectivity index (χ0v) is 10.6. The fourth-order valence-corrected chi connectivity index (χ4v) is 1.99. The largest absolute Gasteiger partial charge is 0.236 e. The molecule has 82 valence electrons. The molecule has 0 N–H and O–H groups in total. The molecule has 2 aromatic rings. The van der Waals surface area contributed by atoms with Crippen LogP contribution in [-0.2, 0) is 5.33 Å². The quantitative estimate of drug-likeness (QED) is 0.590. The van der Waals surface area contributed by atoms with Crippen molar-refractivity contribution in [2.24, 2.45) is 0 Å². The van der Waals surface area contributed by atoms with Gasteiger partial charge in [0, 0.05) is 10.9 Å². The summed E-state index contributed by atoms with van der Waals surface area (Å²) in [7, 11) is 0. The Bertz CT molecular complexity index is 516. The molecular weight excluding hydrogens is 292 g/mol. The molecule has 2 rings (SSSR count). The van der Waals surface area contributed by atoms with Gasteiger partial charge in [0.25, 0.3) is 0 Å². The molecule has 0 bridgehead atoms. The van der Waals surface area contributed by atoms with Crippen LogP contribution < -0.4 is 0 Å². The summed E-state index contributed by atoms with van der Waals surface area (Å²) in [6, 6.07) is 10.1. The molecule has 1 heterocycles. The Labute approximate surface area is 106 Å². The van der Waals surface area contributed by atoms with Crippen LogP contribution in [0, 0.1) is 5.82 Å². The van der Waals surface area contributed by atoms with Gasteiger partial charge in [0.1, 0.15) is 11.0 Å². The van der Waals surface area contributed by atoms with Crippen LogP contribution in [0.4, 0.5) is 4.39 Å². The fourth-order valence-electron chi connectivity index (χ4n) is 1.43. The third kappa shape index (κ3) is 2.42. The molecular formula is C12H8BrClFN. The predicted molar refractivity (Wildman–Crippen MR) is 67.3 cm³/mol. The lowest BCUT2D eigenvalue weighted by molar-refractivity contribution is 0.630. The van der Waals surface area contributed by atoms with E-state index in [2.05, 4.69) is 20.9 Å². The van der Waals surface area contributed by atoms with Gasteiger partial charge in [0.05, 0.1) is 5.69 Å². The summed E-state index contributed by atoms with van der Waals surface area (Å²) in [5, 5.41) is 1.03. The van der Waals surface area contributed by atoms with E-state index in [1.54, 1.807) is 24.3 Å². The predicted octanol–water partition coefficient (Wildman–Crippen LogP) is 4.44. The average Bonchev–Trinajstić information content (AvgIpc) is 2.28.